The van der Waals surface area contributed by atoms with E-state index in [0.717, 1.165) is 15.9 Å². The SMILES string of the molecule is COC(=O)c1ccc(OCc2c(Br)c(C)nn2C)cc1. The van der Waals surface area contributed by atoms with Gasteiger partial charge in [-0.15, -0.1) is 0 Å². The lowest BCUT2D eigenvalue weighted by molar-refractivity contribution is 0.0600. The summed E-state index contributed by atoms with van der Waals surface area (Å²) < 4.78 is 13.1. The number of rotatable bonds is 4. The first-order valence-electron chi connectivity index (χ1n) is 6.02. The largest absolute Gasteiger partial charge is 0.487 e. The van der Waals surface area contributed by atoms with Crippen LogP contribution >= 0.6 is 15.9 Å². The maximum Gasteiger partial charge on any atom is 0.337 e. The third-order valence-corrected chi connectivity index (χ3v) is 3.94. The van der Waals surface area contributed by atoms with Gasteiger partial charge in [0.1, 0.15) is 12.4 Å². The Hall–Kier alpha value is -1.82. The van der Waals surface area contributed by atoms with Crippen LogP contribution in [0, 0.1) is 6.92 Å². The molecule has 2 rings (SSSR count). The Kier molecular flexibility index (Phi) is 4.44. The minimum Gasteiger partial charge on any atom is -0.487 e. The molecule has 0 aliphatic rings. The molecule has 106 valence electrons. The molecule has 0 aliphatic carbocycles. The first-order chi connectivity index (χ1) is 9.52. The highest BCUT2D eigenvalue weighted by molar-refractivity contribution is 9.10. The van der Waals surface area contributed by atoms with Gasteiger partial charge in [0, 0.05) is 7.05 Å². The van der Waals surface area contributed by atoms with Crippen molar-refractivity contribution in [2.75, 3.05) is 7.11 Å². The van der Waals surface area contributed by atoms with Crippen LogP contribution in [0.5, 0.6) is 5.75 Å². The highest BCUT2D eigenvalue weighted by Gasteiger charge is 2.11. The maximum absolute atomic E-state index is 11.3. The van der Waals surface area contributed by atoms with Crippen LogP contribution in [-0.4, -0.2) is 22.9 Å². The van der Waals surface area contributed by atoms with E-state index in [4.69, 9.17) is 4.74 Å². The number of hydrogen-bond donors (Lipinski definition) is 0. The van der Waals surface area contributed by atoms with Gasteiger partial charge in [0.15, 0.2) is 0 Å². The number of carbonyl (C=O) groups excluding carboxylic acids is 1. The first-order valence-corrected chi connectivity index (χ1v) is 6.81. The molecule has 1 aromatic carbocycles. The van der Waals surface area contributed by atoms with Crippen LogP contribution in [0.1, 0.15) is 21.7 Å². The third-order valence-electron chi connectivity index (χ3n) is 2.91. The zero-order chi connectivity index (χ0) is 14.7. The van der Waals surface area contributed by atoms with Crippen LogP contribution in [0.15, 0.2) is 28.7 Å². The average Bonchev–Trinajstić information content (AvgIpc) is 2.70. The summed E-state index contributed by atoms with van der Waals surface area (Å²) in [6, 6.07) is 6.82. The quantitative estimate of drug-likeness (QED) is 0.804. The second-order valence-corrected chi connectivity index (χ2v) is 5.07. The molecule has 0 unspecified atom stereocenters. The second kappa shape index (κ2) is 6.09. The van der Waals surface area contributed by atoms with Gasteiger partial charge >= 0.3 is 5.97 Å². The van der Waals surface area contributed by atoms with Gasteiger partial charge in [-0.2, -0.15) is 5.10 Å². The predicted octanol–water partition coefficient (Wildman–Crippen LogP) is 2.86. The molecule has 0 aliphatic heterocycles. The van der Waals surface area contributed by atoms with Crippen LogP contribution in [-0.2, 0) is 18.4 Å². The van der Waals surface area contributed by atoms with Gasteiger partial charge in [-0.25, -0.2) is 4.79 Å². The standard InChI is InChI=1S/C14H15BrN2O3/c1-9-13(15)12(17(2)16-9)8-20-11-6-4-10(5-7-11)14(18)19-3/h4-7H,8H2,1-3H3. The number of ether oxygens (including phenoxy) is 2. The van der Waals surface area contributed by atoms with Gasteiger partial charge in [0.25, 0.3) is 0 Å². The predicted molar refractivity (Wildman–Crippen MR) is 77.8 cm³/mol. The molecule has 0 spiro atoms. The van der Waals surface area contributed by atoms with Crippen molar-refractivity contribution in [3.63, 3.8) is 0 Å². The summed E-state index contributed by atoms with van der Waals surface area (Å²) in [6.07, 6.45) is 0. The van der Waals surface area contributed by atoms with Crippen molar-refractivity contribution in [2.24, 2.45) is 7.05 Å². The van der Waals surface area contributed by atoms with Crippen molar-refractivity contribution in [1.82, 2.24) is 9.78 Å². The van der Waals surface area contributed by atoms with Crippen LogP contribution in [0.2, 0.25) is 0 Å². The number of methoxy groups -OCH3 is 1. The van der Waals surface area contributed by atoms with Gasteiger partial charge < -0.3 is 9.47 Å². The number of halogens is 1. The smallest absolute Gasteiger partial charge is 0.337 e. The van der Waals surface area contributed by atoms with Crippen molar-refractivity contribution in [3.05, 3.63) is 45.7 Å². The monoisotopic (exact) mass is 338 g/mol. The molecule has 0 fully saturated rings. The summed E-state index contributed by atoms with van der Waals surface area (Å²) in [5.74, 6) is 0.324. The van der Waals surface area contributed by atoms with E-state index in [2.05, 4.69) is 25.8 Å². The zero-order valence-electron chi connectivity index (χ0n) is 11.5. The second-order valence-electron chi connectivity index (χ2n) is 4.27. The molecule has 1 heterocycles. The van der Waals surface area contributed by atoms with E-state index in [1.54, 1.807) is 28.9 Å². The highest BCUT2D eigenvalue weighted by atomic mass is 79.9. The summed E-state index contributed by atoms with van der Waals surface area (Å²) >= 11 is 3.49. The Balaban J connectivity index is 2.06. The van der Waals surface area contributed by atoms with Crippen LogP contribution < -0.4 is 4.74 Å². The summed E-state index contributed by atoms with van der Waals surface area (Å²) in [7, 11) is 3.23. The minimum atomic E-state index is -0.360. The maximum atomic E-state index is 11.3. The molecular weight excluding hydrogens is 324 g/mol. The molecule has 1 aromatic heterocycles. The summed E-state index contributed by atoms with van der Waals surface area (Å²) in [6.45, 7) is 2.33. The molecule has 0 N–H and O–H groups in total. The van der Waals surface area contributed by atoms with E-state index < -0.39 is 0 Å². The minimum absolute atomic E-state index is 0.360. The molecule has 0 saturated carbocycles. The molecular formula is C14H15BrN2O3. The molecule has 20 heavy (non-hydrogen) atoms. The van der Waals surface area contributed by atoms with Crippen molar-refractivity contribution < 1.29 is 14.3 Å². The Morgan fingerprint density at radius 1 is 1.35 bits per heavy atom. The van der Waals surface area contributed by atoms with Crippen molar-refractivity contribution in [1.29, 1.82) is 0 Å². The topological polar surface area (TPSA) is 53.4 Å². The molecule has 2 aromatic rings. The number of esters is 1. The fourth-order valence-electron chi connectivity index (χ4n) is 1.79. The fourth-order valence-corrected chi connectivity index (χ4v) is 2.24. The first kappa shape index (κ1) is 14.6. The number of aromatic nitrogens is 2. The zero-order valence-corrected chi connectivity index (χ0v) is 13.1. The van der Waals surface area contributed by atoms with Crippen molar-refractivity contribution in [3.8, 4) is 5.75 Å². The number of carbonyl (C=O) groups is 1. The lowest BCUT2D eigenvalue weighted by atomic mass is 10.2. The third kappa shape index (κ3) is 3.01. The summed E-state index contributed by atoms with van der Waals surface area (Å²) in [4.78, 5) is 11.3. The fraction of sp³-hybridized carbons (Fsp3) is 0.286. The molecule has 0 bridgehead atoms. The summed E-state index contributed by atoms with van der Waals surface area (Å²) in [5, 5.41) is 4.30. The summed E-state index contributed by atoms with van der Waals surface area (Å²) in [5.41, 5.74) is 2.38. The van der Waals surface area contributed by atoms with Crippen molar-refractivity contribution >= 4 is 21.9 Å². The lowest BCUT2D eigenvalue weighted by Gasteiger charge is -2.07. The Morgan fingerprint density at radius 2 is 2.00 bits per heavy atom. The van der Waals surface area contributed by atoms with Crippen molar-refractivity contribution in [2.45, 2.75) is 13.5 Å². The van der Waals surface area contributed by atoms with Crippen LogP contribution in [0.25, 0.3) is 0 Å². The van der Waals surface area contributed by atoms with Crippen LogP contribution in [0.3, 0.4) is 0 Å². The normalized spacial score (nSPS) is 10.4. The molecule has 0 amide bonds. The van der Waals surface area contributed by atoms with Gasteiger partial charge in [-0.3, -0.25) is 4.68 Å². The van der Waals surface area contributed by atoms with Gasteiger partial charge in [0.05, 0.1) is 28.5 Å². The molecule has 0 saturated heterocycles. The van der Waals surface area contributed by atoms with E-state index >= 15 is 0 Å². The highest BCUT2D eigenvalue weighted by Crippen LogP contribution is 2.22. The van der Waals surface area contributed by atoms with Gasteiger partial charge in [-0.1, -0.05) is 0 Å². The number of nitrogens with zero attached hydrogens (tertiary/aromatic N) is 2. The molecule has 5 nitrogen and oxygen atoms in total. The lowest BCUT2D eigenvalue weighted by Crippen LogP contribution is -2.04. The molecule has 0 atom stereocenters. The average molecular weight is 339 g/mol. The Morgan fingerprint density at radius 3 is 2.50 bits per heavy atom. The van der Waals surface area contributed by atoms with E-state index in [0.29, 0.717) is 17.9 Å². The number of benzene rings is 1. The van der Waals surface area contributed by atoms with E-state index in [9.17, 15) is 4.79 Å². The van der Waals surface area contributed by atoms with Gasteiger partial charge in [-0.05, 0) is 47.1 Å². The number of aryl methyl sites for hydroxylation is 2. The Labute approximate surface area is 125 Å². The van der Waals surface area contributed by atoms with Gasteiger partial charge in [0.2, 0.25) is 0 Å². The molecule has 0 radical (unpaired) electrons. The molecule has 6 heteroatoms. The van der Waals surface area contributed by atoms with E-state index in [1.807, 2.05) is 14.0 Å². The Bertz CT molecular complexity index is 620. The van der Waals surface area contributed by atoms with E-state index in [-0.39, 0.29) is 5.97 Å². The number of hydrogen-bond acceptors (Lipinski definition) is 4. The van der Waals surface area contributed by atoms with Crippen LogP contribution in [0.4, 0.5) is 0 Å². The van der Waals surface area contributed by atoms with E-state index in [1.165, 1.54) is 7.11 Å².